The molecule has 3 aromatic carbocycles. The molecule has 8 rings (SSSR count). The fourth-order valence-corrected chi connectivity index (χ4v) is 10.4. The Balaban J connectivity index is 0.880. The third-order valence-electron chi connectivity index (χ3n) is 10.3. The first-order valence-corrected chi connectivity index (χ1v) is 22.1. The van der Waals surface area contributed by atoms with Crippen LogP contribution in [0.15, 0.2) is 101 Å². The van der Waals surface area contributed by atoms with Crippen LogP contribution in [0.5, 0.6) is 5.75 Å². The molecule has 0 atom stereocenters. The highest BCUT2D eigenvalue weighted by atomic mass is 32.2. The number of amides is 1. The molecule has 2 N–H and O–H groups in total. The average Bonchev–Trinajstić information content (AvgIpc) is 3.88. The molecule has 298 valence electrons. The van der Waals surface area contributed by atoms with E-state index in [-0.39, 0.29) is 11.6 Å². The number of allylic oxidation sites excluding steroid dienone is 1. The summed E-state index contributed by atoms with van der Waals surface area (Å²) in [4.78, 5) is 48.7. The van der Waals surface area contributed by atoms with Crippen LogP contribution in [0.3, 0.4) is 0 Å². The molecule has 58 heavy (non-hydrogen) atoms. The summed E-state index contributed by atoms with van der Waals surface area (Å²) in [5.74, 6) is 0.582. The van der Waals surface area contributed by atoms with Gasteiger partial charge in [0.15, 0.2) is 16.0 Å². The Kier molecular flexibility index (Phi) is 12.2. The molecule has 0 bridgehead atoms. The lowest BCUT2D eigenvalue weighted by molar-refractivity contribution is 0.0689. The van der Waals surface area contributed by atoms with E-state index in [1.807, 2.05) is 66.9 Å². The van der Waals surface area contributed by atoms with Crippen LogP contribution in [0.25, 0.3) is 10.2 Å². The number of thioether (sulfide) groups is 1. The van der Waals surface area contributed by atoms with E-state index in [9.17, 15) is 14.7 Å². The maximum atomic E-state index is 13.8. The second kappa shape index (κ2) is 18.0. The number of carbonyl (C=O) groups excluding carboxylic acids is 1. The number of piperazine rings is 1. The number of thiazole rings is 2. The van der Waals surface area contributed by atoms with Crippen LogP contribution in [0.1, 0.15) is 62.2 Å². The van der Waals surface area contributed by atoms with Crippen LogP contribution in [0.2, 0.25) is 0 Å². The number of pyridine rings is 1. The highest BCUT2D eigenvalue weighted by Crippen LogP contribution is 2.35. The van der Waals surface area contributed by atoms with E-state index in [4.69, 9.17) is 9.72 Å². The second-order valence-corrected chi connectivity index (χ2v) is 17.4. The Labute approximate surface area is 350 Å². The van der Waals surface area contributed by atoms with Crippen LogP contribution < -0.4 is 24.8 Å². The summed E-state index contributed by atoms with van der Waals surface area (Å²) in [5.41, 5.74) is 4.87. The molecule has 0 spiro atoms. The van der Waals surface area contributed by atoms with Gasteiger partial charge in [0.05, 0.1) is 21.9 Å². The van der Waals surface area contributed by atoms with Gasteiger partial charge < -0.3 is 29.9 Å². The van der Waals surface area contributed by atoms with Gasteiger partial charge in [0.1, 0.15) is 11.6 Å². The number of rotatable bonds is 14. The number of carboxylic acid groups (broad SMARTS) is 1. The van der Waals surface area contributed by atoms with E-state index in [0.29, 0.717) is 43.2 Å². The largest absolute Gasteiger partial charge is 0.494 e. The molecule has 2 aliphatic rings. The molecular weight excluding hydrogens is 787 g/mol. The molecule has 2 aliphatic heterocycles. The number of fused-ring (bicyclic) bond motifs is 2. The van der Waals surface area contributed by atoms with Crippen molar-refractivity contribution in [2.75, 3.05) is 54.0 Å². The number of carbonyl (C=O) groups is 2. The molecule has 1 saturated heterocycles. The number of benzene rings is 3. The number of aromatic carboxylic acids is 1. The van der Waals surface area contributed by atoms with Crippen LogP contribution in [0.4, 0.5) is 16.1 Å². The Morgan fingerprint density at radius 3 is 2.52 bits per heavy atom. The van der Waals surface area contributed by atoms with E-state index >= 15 is 0 Å². The van der Waals surface area contributed by atoms with Gasteiger partial charge in [-0.3, -0.25) is 4.79 Å². The van der Waals surface area contributed by atoms with Crippen molar-refractivity contribution in [3.8, 4) is 5.75 Å². The van der Waals surface area contributed by atoms with E-state index in [0.717, 1.165) is 97.4 Å². The molecule has 14 heteroatoms. The van der Waals surface area contributed by atoms with Crippen LogP contribution in [0, 0.1) is 6.92 Å². The standard InChI is InChI=1S/C44H45N7O4S3/c1-3-10-39(56-35-14-5-4-11-29(35)2)47-41(52)32-13-8-12-30-19-21-51(28-33(30)32)44-48-40(42(53)54)36(57-44)15-9-26-55-31-17-18-34-37(27-31)58-43(46-34)50-24-22-49(23-25-50)38-16-6-7-20-45-38/h4-8,10-14,16-18,20,27H,3,9,15,19,21-26,28H2,1-2H3,(H,47,52)(H,53,54)/b39-10+. The fraction of sp³-hybridized carbons (Fsp3) is 0.295. The van der Waals surface area contributed by atoms with E-state index in [1.54, 1.807) is 23.1 Å². The summed E-state index contributed by atoms with van der Waals surface area (Å²) in [6, 6.07) is 26.0. The van der Waals surface area contributed by atoms with Gasteiger partial charge in [-0.25, -0.2) is 19.7 Å². The summed E-state index contributed by atoms with van der Waals surface area (Å²) < 4.78 is 7.24. The Hall–Kier alpha value is -5.44. The number of hydrogen-bond donors (Lipinski definition) is 2. The lowest BCUT2D eigenvalue weighted by Gasteiger charge is -2.35. The smallest absolute Gasteiger partial charge is 0.355 e. The van der Waals surface area contributed by atoms with Crippen molar-refractivity contribution in [2.24, 2.45) is 0 Å². The van der Waals surface area contributed by atoms with E-state index in [1.165, 1.54) is 11.3 Å². The van der Waals surface area contributed by atoms with Crippen molar-refractivity contribution < 1.29 is 19.4 Å². The topological polar surface area (TPSA) is 124 Å². The quantitative estimate of drug-likeness (QED) is 0.0809. The molecule has 11 nitrogen and oxygen atoms in total. The van der Waals surface area contributed by atoms with Gasteiger partial charge in [-0.2, -0.15) is 0 Å². The number of ether oxygens (including phenoxy) is 1. The van der Waals surface area contributed by atoms with Gasteiger partial charge in [0.25, 0.3) is 5.91 Å². The number of hydrogen-bond acceptors (Lipinski definition) is 12. The van der Waals surface area contributed by atoms with Crippen LogP contribution >= 0.6 is 34.4 Å². The number of nitrogens with one attached hydrogen (secondary N) is 1. The molecule has 0 aliphatic carbocycles. The Bertz CT molecular complexity index is 2440. The minimum Gasteiger partial charge on any atom is -0.494 e. The van der Waals surface area contributed by atoms with Gasteiger partial charge in [-0.15, -0.1) is 11.3 Å². The summed E-state index contributed by atoms with van der Waals surface area (Å²) in [7, 11) is 0. The van der Waals surface area contributed by atoms with Crippen molar-refractivity contribution in [2.45, 2.75) is 51.0 Å². The minimum absolute atomic E-state index is 0.0823. The van der Waals surface area contributed by atoms with Gasteiger partial charge in [-0.1, -0.05) is 72.5 Å². The number of aromatic nitrogens is 3. The van der Waals surface area contributed by atoms with Crippen molar-refractivity contribution >= 4 is 72.6 Å². The lowest BCUT2D eigenvalue weighted by Crippen LogP contribution is -2.46. The highest BCUT2D eigenvalue weighted by Gasteiger charge is 2.27. The molecule has 1 amide bonds. The number of nitrogens with zero attached hydrogens (tertiary/aromatic N) is 6. The number of anilines is 3. The molecule has 1 fully saturated rings. The van der Waals surface area contributed by atoms with Crippen molar-refractivity contribution in [1.82, 2.24) is 20.3 Å². The third kappa shape index (κ3) is 8.99. The molecule has 0 unspecified atom stereocenters. The van der Waals surface area contributed by atoms with Crippen molar-refractivity contribution in [3.63, 3.8) is 0 Å². The SMILES string of the molecule is CC/C=C(\NC(=O)c1cccc2c1CN(c1nc(C(=O)O)c(CCCOc3ccc4nc(N5CCN(c6ccccn6)CC5)sc4c3)s1)CC2)Sc1ccccc1C. The number of carboxylic acids is 1. The first-order chi connectivity index (χ1) is 28.3. The molecule has 0 radical (unpaired) electrons. The molecule has 0 saturated carbocycles. The second-order valence-electron chi connectivity index (χ2n) is 14.2. The normalized spacial score (nSPS) is 14.4. The predicted molar refractivity (Wildman–Crippen MR) is 235 cm³/mol. The van der Waals surface area contributed by atoms with Gasteiger partial charge in [0.2, 0.25) is 0 Å². The molecule has 6 aromatic rings. The first kappa shape index (κ1) is 39.4. The van der Waals surface area contributed by atoms with Gasteiger partial charge in [0, 0.05) is 60.8 Å². The lowest BCUT2D eigenvalue weighted by atomic mass is 9.94. The van der Waals surface area contributed by atoms with Crippen LogP contribution in [-0.2, 0) is 19.4 Å². The molecule has 5 heterocycles. The molecular formula is C44H45N7O4S3. The zero-order valence-corrected chi connectivity index (χ0v) is 35.0. The van der Waals surface area contributed by atoms with Gasteiger partial charge >= 0.3 is 5.97 Å². The summed E-state index contributed by atoms with van der Waals surface area (Å²) >= 11 is 4.64. The zero-order chi connectivity index (χ0) is 40.0. The third-order valence-corrected chi connectivity index (χ3v) is 13.7. The maximum Gasteiger partial charge on any atom is 0.355 e. The maximum absolute atomic E-state index is 13.8. The Morgan fingerprint density at radius 2 is 1.72 bits per heavy atom. The minimum atomic E-state index is -1.04. The number of aryl methyl sites for hydroxylation is 2. The zero-order valence-electron chi connectivity index (χ0n) is 32.5. The van der Waals surface area contributed by atoms with Gasteiger partial charge in [-0.05, 0) is 91.8 Å². The summed E-state index contributed by atoms with van der Waals surface area (Å²) in [6.45, 7) is 9.26. The van der Waals surface area contributed by atoms with Crippen molar-refractivity contribution in [1.29, 1.82) is 0 Å². The monoisotopic (exact) mass is 831 g/mol. The van der Waals surface area contributed by atoms with E-state index in [2.05, 4.69) is 68.1 Å². The van der Waals surface area contributed by atoms with Crippen LogP contribution in [-0.4, -0.2) is 71.3 Å². The summed E-state index contributed by atoms with van der Waals surface area (Å²) in [5, 5.41) is 15.8. The highest BCUT2D eigenvalue weighted by molar-refractivity contribution is 8.03. The van der Waals surface area contributed by atoms with Crippen molar-refractivity contribution in [3.05, 3.63) is 129 Å². The van der Waals surface area contributed by atoms with E-state index < -0.39 is 5.97 Å². The fourth-order valence-electron chi connectivity index (χ4n) is 7.25. The predicted octanol–water partition coefficient (Wildman–Crippen LogP) is 8.83. The first-order valence-electron chi connectivity index (χ1n) is 19.6. The summed E-state index contributed by atoms with van der Waals surface area (Å²) in [6.07, 6.45) is 6.55. The Morgan fingerprint density at radius 1 is 0.914 bits per heavy atom. The average molecular weight is 832 g/mol. The molecule has 3 aromatic heterocycles.